The lowest BCUT2D eigenvalue weighted by Gasteiger charge is -2.25. The Bertz CT molecular complexity index is 528. The third kappa shape index (κ3) is 6.30. The minimum Gasteiger partial charge on any atom is -0.370 e. The van der Waals surface area contributed by atoms with Gasteiger partial charge in [0.05, 0.1) is 6.54 Å². The summed E-state index contributed by atoms with van der Waals surface area (Å²) in [5.74, 6) is 1.22. The van der Waals surface area contributed by atoms with Crippen LogP contribution in [0, 0.1) is 19.8 Å². The maximum absolute atomic E-state index is 6.04. The molecule has 1 heterocycles. The van der Waals surface area contributed by atoms with Crippen LogP contribution in [0.5, 0.6) is 0 Å². The number of aryl methyl sites for hydroxylation is 2. The number of nitrogens with zero attached hydrogens (tertiary/aromatic N) is 2. The molecule has 1 aliphatic rings. The Balaban J connectivity index is 0.00000264. The summed E-state index contributed by atoms with van der Waals surface area (Å²) in [6.07, 6.45) is 2.50. The fourth-order valence-electron chi connectivity index (χ4n) is 3.02. The zero-order valence-corrected chi connectivity index (χ0v) is 17.1. The Labute approximate surface area is 157 Å². The fourth-order valence-corrected chi connectivity index (χ4v) is 3.02. The molecule has 0 radical (unpaired) electrons. The van der Waals surface area contributed by atoms with Crippen molar-refractivity contribution in [2.24, 2.45) is 16.6 Å². The van der Waals surface area contributed by atoms with Crippen molar-refractivity contribution in [3.63, 3.8) is 0 Å². The van der Waals surface area contributed by atoms with Gasteiger partial charge in [-0.2, -0.15) is 0 Å². The van der Waals surface area contributed by atoms with E-state index in [0.29, 0.717) is 17.9 Å². The molecule has 5 heteroatoms. The van der Waals surface area contributed by atoms with Crippen molar-refractivity contribution in [2.75, 3.05) is 25.0 Å². The van der Waals surface area contributed by atoms with E-state index >= 15 is 0 Å². The van der Waals surface area contributed by atoms with Gasteiger partial charge in [0.25, 0.3) is 0 Å². The van der Waals surface area contributed by atoms with E-state index < -0.39 is 0 Å². The van der Waals surface area contributed by atoms with Crippen LogP contribution in [0.1, 0.15) is 37.8 Å². The summed E-state index contributed by atoms with van der Waals surface area (Å²) in [5.41, 5.74) is 9.60. The maximum atomic E-state index is 6.04. The van der Waals surface area contributed by atoms with Crippen LogP contribution < -0.4 is 11.1 Å². The number of aliphatic imine (C=N–C) groups is 1. The van der Waals surface area contributed by atoms with E-state index in [0.717, 1.165) is 18.8 Å². The van der Waals surface area contributed by atoms with Gasteiger partial charge in [0.1, 0.15) is 0 Å². The molecule has 2 rings (SSSR count). The molecule has 0 aromatic heterocycles. The molecule has 4 nitrogen and oxygen atoms in total. The second-order valence-corrected chi connectivity index (χ2v) is 6.83. The van der Waals surface area contributed by atoms with Crippen LogP contribution in [-0.4, -0.2) is 36.5 Å². The molecule has 1 aromatic rings. The fraction of sp³-hybridized carbons (Fsp3) is 0.611. The Morgan fingerprint density at radius 2 is 2.09 bits per heavy atom. The van der Waals surface area contributed by atoms with Gasteiger partial charge >= 0.3 is 0 Å². The summed E-state index contributed by atoms with van der Waals surface area (Å²) in [4.78, 5) is 7.11. The van der Waals surface area contributed by atoms with Crippen molar-refractivity contribution in [1.29, 1.82) is 0 Å². The minimum absolute atomic E-state index is 0. The Morgan fingerprint density at radius 3 is 2.74 bits per heavy atom. The first-order valence-electron chi connectivity index (χ1n) is 8.34. The molecular weight excluding hydrogens is 399 g/mol. The molecule has 0 aliphatic carbocycles. The topological polar surface area (TPSA) is 53.6 Å². The van der Waals surface area contributed by atoms with E-state index in [2.05, 4.69) is 55.0 Å². The van der Waals surface area contributed by atoms with Crippen molar-refractivity contribution in [3.8, 4) is 0 Å². The predicted molar refractivity (Wildman–Crippen MR) is 111 cm³/mol. The number of benzene rings is 1. The van der Waals surface area contributed by atoms with Crippen LogP contribution in [0.3, 0.4) is 0 Å². The van der Waals surface area contributed by atoms with Crippen LogP contribution in [0.25, 0.3) is 0 Å². The number of hydrogen-bond acceptors (Lipinski definition) is 2. The number of rotatable bonds is 5. The molecule has 1 saturated heterocycles. The van der Waals surface area contributed by atoms with Crippen molar-refractivity contribution < 1.29 is 0 Å². The van der Waals surface area contributed by atoms with Gasteiger partial charge in [0.15, 0.2) is 5.96 Å². The minimum atomic E-state index is 0. The highest BCUT2D eigenvalue weighted by molar-refractivity contribution is 14.0. The standard InChI is InChI=1S/C18H30N4.HI/c1-13(2)12-22-9-5-6-17(22)11-20-18(19)21-16-8-7-14(3)15(4)10-16;/h7-8,10,13,17H,5-6,9,11-12H2,1-4H3,(H3,19,20,21);1H/t17-;/m1./s1. The van der Waals surface area contributed by atoms with Crippen molar-refractivity contribution in [2.45, 2.75) is 46.6 Å². The molecule has 130 valence electrons. The highest BCUT2D eigenvalue weighted by atomic mass is 127. The Morgan fingerprint density at radius 1 is 1.35 bits per heavy atom. The number of nitrogens with one attached hydrogen (secondary N) is 1. The molecule has 0 spiro atoms. The van der Waals surface area contributed by atoms with Gasteiger partial charge in [-0.3, -0.25) is 9.89 Å². The van der Waals surface area contributed by atoms with Crippen LogP contribution in [0.4, 0.5) is 5.69 Å². The largest absolute Gasteiger partial charge is 0.370 e. The summed E-state index contributed by atoms with van der Waals surface area (Å²) in [7, 11) is 0. The summed E-state index contributed by atoms with van der Waals surface area (Å²) in [6, 6.07) is 6.80. The van der Waals surface area contributed by atoms with E-state index in [1.165, 1.54) is 30.5 Å². The molecule has 1 aromatic carbocycles. The van der Waals surface area contributed by atoms with Gasteiger partial charge in [-0.1, -0.05) is 19.9 Å². The Kier molecular flexibility index (Phi) is 8.33. The van der Waals surface area contributed by atoms with E-state index in [-0.39, 0.29) is 24.0 Å². The predicted octanol–water partition coefficient (Wildman–Crippen LogP) is 3.77. The summed E-state index contributed by atoms with van der Waals surface area (Å²) >= 11 is 0. The highest BCUT2D eigenvalue weighted by Gasteiger charge is 2.24. The Hall–Kier alpha value is -0.820. The SMILES string of the molecule is Cc1ccc(NC(N)=NC[C@H]2CCCN2CC(C)C)cc1C.I. The summed E-state index contributed by atoms with van der Waals surface area (Å²) < 4.78 is 0. The number of anilines is 1. The van der Waals surface area contributed by atoms with Gasteiger partial charge in [-0.05, 0) is 62.4 Å². The molecule has 0 saturated carbocycles. The average Bonchev–Trinajstić information content (AvgIpc) is 2.87. The number of guanidine groups is 1. The second-order valence-electron chi connectivity index (χ2n) is 6.83. The van der Waals surface area contributed by atoms with Crippen molar-refractivity contribution >= 4 is 35.6 Å². The van der Waals surface area contributed by atoms with E-state index in [4.69, 9.17) is 5.73 Å². The van der Waals surface area contributed by atoms with Crippen LogP contribution in [0.15, 0.2) is 23.2 Å². The first-order chi connectivity index (χ1) is 10.5. The molecular formula is C18H31IN4. The lowest BCUT2D eigenvalue weighted by molar-refractivity contribution is 0.231. The number of halogens is 1. The van der Waals surface area contributed by atoms with Crippen LogP contribution in [0.2, 0.25) is 0 Å². The first-order valence-corrected chi connectivity index (χ1v) is 8.34. The molecule has 23 heavy (non-hydrogen) atoms. The smallest absolute Gasteiger partial charge is 0.193 e. The lowest BCUT2D eigenvalue weighted by Crippen LogP contribution is -2.35. The molecule has 0 unspecified atom stereocenters. The van der Waals surface area contributed by atoms with Gasteiger partial charge in [0.2, 0.25) is 0 Å². The molecule has 1 aliphatic heterocycles. The zero-order chi connectivity index (χ0) is 16.1. The second kappa shape index (κ2) is 9.47. The molecule has 1 fully saturated rings. The maximum Gasteiger partial charge on any atom is 0.193 e. The highest BCUT2D eigenvalue weighted by Crippen LogP contribution is 2.19. The van der Waals surface area contributed by atoms with Crippen LogP contribution >= 0.6 is 24.0 Å². The van der Waals surface area contributed by atoms with E-state index in [1.54, 1.807) is 0 Å². The normalized spacial score (nSPS) is 19.0. The lowest BCUT2D eigenvalue weighted by atomic mass is 10.1. The zero-order valence-electron chi connectivity index (χ0n) is 14.8. The van der Waals surface area contributed by atoms with Gasteiger partial charge in [-0.25, -0.2) is 0 Å². The van der Waals surface area contributed by atoms with Gasteiger partial charge in [-0.15, -0.1) is 24.0 Å². The molecule has 0 bridgehead atoms. The monoisotopic (exact) mass is 430 g/mol. The van der Waals surface area contributed by atoms with Crippen molar-refractivity contribution in [3.05, 3.63) is 29.3 Å². The molecule has 1 atom stereocenters. The molecule has 0 amide bonds. The first kappa shape index (κ1) is 20.2. The van der Waals surface area contributed by atoms with Crippen LogP contribution in [-0.2, 0) is 0 Å². The molecule has 3 N–H and O–H groups in total. The summed E-state index contributed by atoms with van der Waals surface area (Å²) in [6.45, 7) is 11.9. The third-order valence-corrected chi connectivity index (χ3v) is 4.35. The van der Waals surface area contributed by atoms with Crippen molar-refractivity contribution in [1.82, 2.24) is 4.90 Å². The number of likely N-dealkylation sites (tertiary alicyclic amines) is 1. The van der Waals surface area contributed by atoms with Gasteiger partial charge < -0.3 is 11.1 Å². The number of nitrogens with two attached hydrogens (primary N) is 1. The quantitative estimate of drug-likeness (QED) is 0.425. The van der Waals surface area contributed by atoms with E-state index in [9.17, 15) is 0 Å². The third-order valence-electron chi connectivity index (χ3n) is 4.35. The van der Waals surface area contributed by atoms with E-state index in [1.807, 2.05) is 6.07 Å². The van der Waals surface area contributed by atoms with Gasteiger partial charge in [0, 0.05) is 18.3 Å². The average molecular weight is 430 g/mol. The number of hydrogen-bond donors (Lipinski definition) is 2. The summed E-state index contributed by atoms with van der Waals surface area (Å²) in [5, 5.41) is 3.20.